The summed E-state index contributed by atoms with van der Waals surface area (Å²) in [5, 5.41) is 0. The molecule has 0 aliphatic carbocycles. The highest BCUT2D eigenvalue weighted by atomic mass is 16.5. The van der Waals surface area contributed by atoms with Crippen molar-refractivity contribution in [3.05, 3.63) is 6.92 Å². The Kier molecular flexibility index (Phi) is 4.10. The SMILES string of the molecule is [CH2]C(CC)OCC. The van der Waals surface area contributed by atoms with Crippen molar-refractivity contribution in [2.45, 2.75) is 26.4 Å². The van der Waals surface area contributed by atoms with Crippen molar-refractivity contribution in [3.8, 4) is 0 Å². The maximum Gasteiger partial charge on any atom is 0.0573 e. The third-order valence-electron chi connectivity index (χ3n) is 0.858. The lowest BCUT2D eigenvalue weighted by atomic mass is 10.3. The minimum Gasteiger partial charge on any atom is -0.379 e. The van der Waals surface area contributed by atoms with Crippen LogP contribution in [0, 0.1) is 6.92 Å². The normalized spacial score (nSPS) is 14.1. The lowest BCUT2D eigenvalue weighted by molar-refractivity contribution is 0.0919. The zero-order valence-corrected chi connectivity index (χ0v) is 5.11. The zero-order valence-electron chi connectivity index (χ0n) is 5.11. The predicted octanol–water partition coefficient (Wildman–Crippen LogP) is 1.64. The van der Waals surface area contributed by atoms with Gasteiger partial charge >= 0.3 is 0 Å². The largest absolute Gasteiger partial charge is 0.379 e. The Morgan fingerprint density at radius 3 is 2.29 bits per heavy atom. The molecule has 0 amide bonds. The van der Waals surface area contributed by atoms with Crippen LogP contribution in [0.25, 0.3) is 0 Å². The first-order valence-electron chi connectivity index (χ1n) is 2.76. The van der Waals surface area contributed by atoms with Crippen LogP contribution >= 0.6 is 0 Å². The van der Waals surface area contributed by atoms with Gasteiger partial charge in [-0.1, -0.05) is 6.92 Å². The lowest BCUT2D eigenvalue weighted by Crippen LogP contribution is -2.05. The van der Waals surface area contributed by atoms with E-state index in [4.69, 9.17) is 4.74 Å². The van der Waals surface area contributed by atoms with Gasteiger partial charge in [0.05, 0.1) is 6.10 Å². The summed E-state index contributed by atoms with van der Waals surface area (Å²) in [6, 6.07) is 0. The van der Waals surface area contributed by atoms with Gasteiger partial charge in [-0.3, -0.25) is 0 Å². The Bertz CT molecular complexity index is 35.2. The molecule has 0 aliphatic heterocycles. The van der Waals surface area contributed by atoms with Crippen LogP contribution in [0.2, 0.25) is 0 Å². The van der Waals surface area contributed by atoms with Gasteiger partial charge in [-0.2, -0.15) is 0 Å². The number of hydrogen-bond donors (Lipinski definition) is 0. The summed E-state index contributed by atoms with van der Waals surface area (Å²) in [5.74, 6) is 0. The van der Waals surface area contributed by atoms with Crippen LogP contribution in [-0.2, 0) is 4.74 Å². The smallest absolute Gasteiger partial charge is 0.0573 e. The topological polar surface area (TPSA) is 9.23 Å². The molecule has 0 fully saturated rings. The Labute approximate surface area is 45.7 Å². The van der Waals surface area contributed by atoms with Crippen molar-refractivity contribution < 1.29 is 4.74 Å². The molecule has 1 radical (unpaired) electrons. The second-order valence-corrected chi connectivity index (χ2v) is 1.49. The molecule has 0 aliphatic rings. The van der Waals surface area contributed by atoms with Gasteiger partial charge in [-0.25, -0.2) is 0 Å². The highest BCUT2D eigenvalue weighted by molar-refractivity contribution is 4.53. The van der Waals surface area contributed by atoms with Gasteiger partial charge in [0.1, 0.15) is 0 Å². The van der Waals surface area contributed by atoms with Crippen LogP contribution < -0.4 is 0 Å². The quantitative estimate of drug-likeness (QED) is 0.525. The number of rotatable bonds is 3. The van der Waals surface area contributed by atoms with Gasteiger partial charge in [0, 0.05) is 6.61 Å². The summed E-state index contributed by atoms with van der Waals surface area (Å²) in [6.45, 7) is 8.55. The third-order valence-corrected chi connectivity index (χ3v) is 0.858. The molecule has 0 saturated heterocycles. The summed E-state index contributed by atoms with van der Waals surface area (Å²) >= 11 is 0. The molecule has 43 valence electrons. The first-order valence-corrected chi connectivity index (χ1v) is 2.76. The minimum absolute atomic E-state index is 0.199. The molecule has 0 N–H and O–H groups in total. The van der Waals surface area contributed by atoms with E-state index < -0.39 is 0 Å². The summed E-state index contributed by atoms with van der Waals surface area (Å²) < 4.78 is 5.08. The summed E-state index contributed by atoms with van der Waals surface area (Å²) in [5.41, 5.74) is 0. The van der Waals surface area contributed by atoms with Gasteiger partial charge in [0.25, 0.3) is 0 Å². The molecule has 7 heavy (non-hydrogen) atoms. The highest BCUT2D eigenvalue weighted by Gasteiger charge is 1.92. The average molecular weight is 101 g/mol. The first-order chi connectivity index (χ1) is 3.31. The molecule has 0 heterocycles. The summed E-state index contributed by atoms with van der Waals surface area (Å²) in [4.78, 5) is 0. The molecule has 0 aromatic carbocycles. The Morgan fingerprint density at radius 2 is 2.14 bits per heavy atom. The van der Waals surface area contributed by atoms with E-state index in [-0.39, 0.29) is 6.10 Å². The van der Waals surface area contributed by atoms with Crippen LogP contribution in [-0.4, -0.2) is 12.7 Å². The number of ether oxygens (including phenoxy) is 1. The van der Waals surface area contributed by atoms with E-state index in [9.17, 15) is 0 Å². The molecule has 0 aromatic heterocycles. The molecule has 0 saturated carbocycles. The number of hydrogen-bond acceptors (Lipinski definition) is 1. The Balaban J connectivity index is 2.83. The average Bonchev–Trinajstić information content (AvgIpc) is 1.68. The van der Waals surface area contributed by atoms with Gasteiger partial charge < -0.3 is 4.74 Å². The maximum absolute atomic E-state index is 5.08. The van der Waals surface area contributed by atoms with Crippen LogP contribution in [0.1, 0.15) is 20.3 Å². The van der Waals surface area contributed by atoms with E-state index in [0.717, 1.165) is 13.0 Å². The van der Waals surface area contributed by atoms with Crippen molar-refractivity contribution in [1.82, 2.24) is 0 Å². The summed E-state index contributed by atoms with van der Waals surface area (Å²) in [6.07, 6.45) is 1.21. The Morgan fingerprint density at radius 1 is 1.57 bits per heavy atom. The molecule has 1 atom stereocenters. The molecule has 1 heteroatoms. The van der Waals surface area contributed by atoms with Crippen molar-refractivity contribution in [1.29, 1.82) is 0 Å². The second kappa shape index (κ2) is 4.13. The van der Waals surface area contributed by atoms with Gasteiger partial charge in [0.2, 0.25) is 0 Å². The van der Waals surface area contributed by atoms with E-state index in [2.05, 4.69) is 13.8 Å². The molecule has 0 rings (SSSR count). The van der Waals surface area contributed by atoms with Crippen molar-refractivity contribution in [3.63, 3.8) is 0 Å². The summed E-state index contributed by atoms with van der Waals surface area (Å²) in [7, 11) is 0. The third kappa shape index (κ3) is 3.80. The van der Waals surface area contributed by atoms with Crippen LogP contribution in [0.5, 0.6) is 0 Å². The van der Waals surface area contributed by atoms with Crippen molar-refractivity contribution in [2.75, 3.05) is 6.61 Å². The van der Waals surface area contributed by atoms with Crippen LogP contribution in [0.15, 0.2) is 0 Å². The molecule has 1 nitrogen and oxygen atoms in total. The highest BCUT2D eigenvalue weighted by Crippen LogP contribution is 1.92. The monoisotopic (exact) mass is 101 g/mol. The van der Waals surface area contributed by atoms with Crippen LogP contribution in [0.4, 0.5) is 0 Å². The van der Waals surface area contributed by atoms with E-state index in [1.165, 1.54) is 0 Å². The fourth-order valence-corrected chi connectivity index (χ4v) is 0.354. The molecule has 1 unspecified atom stereocenters. The second-order valence-electron chi connectivity index (χ2n) is 1.49. The van der Waals surface area contributed by atoms with Crippen LogP contribution in [0.3, 0.4) is 0 Å². The zero-order chi connectivity index (χ0) is 5.70. The fourth-order valence-electron chi connectivity index (χ4n) is 0.354. The van der Waals surface area contributed by atoms with E-state index in [1.807, 2.05) is 6.92 Å². The molecular weight excluding hydrogens is 88.1 g/mol. The van der Waals surface area contributed by atoms with Gasteiger partial charge in [0.15, 0.2) is 0 Å². The fraction of sp³-hybridized carbons (Fsp3) is 0.833. The van der Waals surface area contributed by atoms with Crippen molar-refractivity contribution >= 4 is 0 Å². The minimum atomic E-state index is 0.199. The predicted molar refractivity (Wildman–Crippen MR) is 31.1 cm³/mol. The van der Waals surface area contributed by atoms with E-state index in [1.54, 1.807) is 0 Å². The van der Waals surface area contributed by atoms with Gasteiger partial charge in [-0.05, 0) is 20.3 Å². The first kappa shape index (κ1) is 6.96. The standard InChI is InChI=1S/C6H13O/c1-4-6(3)7-5-2/h6H,3-5H2,1-2H3. The van der Waals surface area contributed by atoms with E-state index >= 15 is 0 Å². The van der Waals surface area contributed by atoms with E-state index in [0.29, 0.717) is 0 Å². The van der Waals surface area contributed by atoms with Crippen molar-refractivity contribution in [2.24, 2.45) is 0 Å². The molecule has 0 bridgehead atoms. The Hall–Kier alpha value is -0.0400. The lowest BCUT2D eigenvalue weighted by Gasteiger charge is -2.05. The molecule has 0 aromatic rings. The maximum atomic E-state index is 5.08. The molecular formula is C6H13O. The van der Waals surface area contributed by atoms with Gasteiger partial charge in [-0.15, -0.1) is 0 Å². The molecule has 0 spiro atoms.